The van der Waals surface area contributed by atoms with Crippen molar-refractivity contribution >= 4 is 7.28 Å². The van der Waals surface area contributed by atoms with Gasteiger partial charge < -0.3 is 0 Å². The second kappa shape index (κ2) is 17.7. The third-order valence-corrected chi connectivity index (χ3v) is 11.4. The van der Waals surface area contributed by atoms with E-state index in [1.54, 1.807) is 0 Å². The summed E-state index contributed by atoms with van der Waals surface area (Å²) in [6.45, 7) is 5.74. The predicted octanol–water partition coefficient (Wildman–Crippen LogP) is 11.4. The average Bonchev–Trinajstić information content (AvgIpc) is 2.94. The molecule has 0 unspecified atom stereocenters. The SMILES string of the molecule is CC(C)CCCCCCCP([O-])([O-])(CCCCCCCC(C)C)OCCC(F)(F)C(F)(F)C(F)(F)C(F)(F)C(F)(F)C(F)(F)C(F)(F)C(F)(F)F. The maximum atomic E-state index is 14.4. The van der Waals surface area contributed by atoms with Crippen LogP contribution in [0.3, 0.4) is 0 Å². The average molecular weight is 809 g/mol. The first-order valence-corrected chi connectivity index (χ1v) is 18.8. The quantitative estimate of drug-likeness (QED) is 0.0497. The van der Waals surface area contributed by atoms with Gasteiger partial charge in [-0.3, -0.25) is 0 Å². The van der Waals surface area contributed by atoms with Crippen molar-refractivity contribution in [2.75, 3.05) is 18.9 Å². The Morgan fingerprint density at radius 2 is 0.725 bits per heavy atom. The van der Waals surface area contributed by atoms with Crippen LogP contribution in [0.2, 0.25) is 0 Å². The van der Waals surface area contributed by atoms with Crippen LogP contribution in [-0.2, 0) is 4.52 Å². The van der Waals surface area contributed by atoms with Crippen molar-refractivity contribution in [3.63, 3.8) is 0 Å². The third-order valence-electron chi connectivity index (χ3n) is 8.33. The summed E-state index contributed by atoms with van der Waals surface area (Å²) in [4.78, 5) is 26.9. The summed E-state index contributed by atoms with van der Waals surface area (Å²) in [5.74, 6) is -56.5. The van der Waals surface area contributed by atoms with Gasteiger partial charge in [0.05, 0.1) is 0 Å². The second-order valence-corrected chi connectivity index (χ2v) is 17.4. The monoisotopic (exact) mass is 808 g/mol. The molecule has 21 heteroatoms. The topological polar surface area (TPSA) is 55.3 Å². The van der Waals surface area contributed by atoms with E-state index in [0.29, 0.717) is 37.5 Å². The fourth-order valence-corrected chi connectivity index (χ4v) is 7.62. The standard InChI is InChI=1S/C30H46F17O3P/c1-21(2)15-11-7-5-9-13-19-51(48,49,20-14-10-6-8-12-16-22(3)4)50-18-17-23(31,32)24(33,34)25(35,36)26(37,38)27(39,40)28(41,42)29(43,44)30(45,46)47/h21-22H,5-20H2,1-4H3/q-2. The first-order chi connectivity index (χ1) is 22.6. The summed E-state index contributed by atoms with van der Waals surface area (Å²) in [5, 5.41) is 0. The number of alkyl halides is 17. The molecule has 0 aromatic rings. The van der Waals surface area contributed by atoms with Gasteiger partial charge in [-0.25, -0.2) is 0 Å². The zero-order chi connectivity index (χ0) is 40.6. The molecule has 0 amide bonds. The molecule has 0 atom stereocenters. The molecule has 0 aliphatic rings. The van der Waals surface area contributed by atoms with E-state index in [4.69, 9.17) is 0 Å². The Balaban J connectivity index is 6.05. The van der Waals surface area contributed by atoms with Crippen LogP contribution >= 0.6 is 7.28 Å². The summed E-state index contributed by atoms with van der Waals surface area (Å²) in [5.41, 5.74) is 0. The van der Waals surface area contributed by atoms with Crippen LogP contribution in [0.25, 0.3) is 0 Å². The van der Waals surface area contributed by atoms with Crippen molar-refractivity contribution in [2.24, 2.45) is 11.8 Å². The van der Waals surface area contributed by atoms with E-state index in [1.165, 1.54) is 0 Å². The van der Waals surface area contributed by atoms with Crippen molar-refractivity contribution in [1.29, 1.82) is 0 Å². The van der Waals surface area contributed by atoms with Gasteiger partial charge in [-0.05, 0) is 0 Å². The summed E-state index contributed by atoms with van der Waals surface area (Å²) < 4.78 is 235. The summed E-state index contributed by atoms with van der Waals surface area (Å²) in [6, 6.07) is 0. The Hall–Kier alpha value is -0.880. The van der Waals surface area contributed by atoms with E-state index in [-0.39, 0.29) is 25.7 Å². The van der Waals surface area contributed by atoms with Gasteiger partial charge in [-0.1, -0.05) is 0 Å². The van der Waals surface area contributed by atoms with E-state index in [9.17, 15) is 84.4 Å². The zero-order valence-corrected chi connectivity index (χ0v) is 29.5. The van der Waals surface area contributed by atoms with Crippen molar-refractivity contribution in [2.45, 2.75) is 159 Å². The normalized spacial score (nSPS) is 15.9. The molecule has 0 saturated heterocycles. The Kier molecular flexibility index (Phi) is 17.4. The number of rotatable bonds is 26. The molecule has 310 valence electrons. The van der Waals surface area contributed by atoms with E-state index >= 15 is 0 Å². The number of hydrogen-bond acceptors (Lipinski definition) is 3. The summed E-state index contributed by atoms with van der Waals surface area (Å²) in [6.07, 6.45) is -6.50. The van der Waals surface area contributed by atoms with E-state index in [0.717, 1.165) is 25.7 Å². The van der Waals surface area contributed by atoms with Crippen LogP contribution in [0.4, 0.5) is 74.6 Å². The molecular weight excluding hydrogens is 762 g/mol. The number of halogens is 17. The Labute approximate surface area is 286 Å². The predicted molar refractivity (Wildman–Crippen MR) is 153 cm³/mol. The first kappa shape index (κ1) is 50.1. The molecule has 3 nitrogen and oxygen atoms in total. The molecule has 0 aliphatic heterocycles. The van der Waals surface area contributed by atoms with Gasteiger partial charge in [0.2, 0.25) is 0 Å². The molecule has 0 aromatic heterocycles. The third kappa shape index (κ3) is 12.1. The fourth-order valence-electron chi connectivity index (χ4n) is 4.97. The van der Waals surface area contributed by atoms with Crippen molar-refractivity contribution < 1.29 is 88.9 Å². The first-order valence-electron chi connectivity index (χ1n) is 16.4. The van der Waals surface area contributed by atoms with Gasteiger partial charge >= 0.3 is 286 Å². The minimum absolute atomic E-state index is 0.135. The summed E-state index contributed by atoms with van der Waals surface area (Å²) >= 11 is 0. The van der Waals surface area contributed by atoms with Crippen LogP contribution in [0, 0.1) is 11.8 Å². The van der Waals surface area contributed by atoms with Crippen molar-refractivity contribution in [3.8, 4) is 0 Å². The van der Waals surface area contributed by atoms with E-state index in [2.05, 4.69) is 4.52 Å². The maximum absolute atomic E-state index is 14.4. The van der Waals surface area contributed by atoms with Crippen LogP contribution in [0.5, 0.6) is 0 Å². The van der Waals surface area contributed by atoms with Gasteiger partial charge in [-0.2, -0.15) is 0 Å². The van der Waals surface area contributed by atoms with Crippen LogP contribution < -0.4 is 9.79 Å². The molecule has 0 fully saturated rings. The van der Waals surface area contributed by atoms with Crippen LogP contribution in [0.15, 0.2) is 0 Å². The fraction of sp³-hybridized carbons (Fsp3) is 1.00. The molecule has 0 saturated carbocycles. The summed E-state index contributed by atoms with van der Waals surface area (Å²) in [7, 11) is -6.08. The Morgan fingerprint density at radius 3 is 1.06 bits per heavy atom. The molecule has 0 bridgehead atoms. The van der Waals surface area contributed by atoms with E-state index in [1.807, 2.05) is 27.7 Å². The van der Waals surface area contributed by atoms with E-state index < -0.39 is 80.3 Å². The van der Waals surface area contributed by atoms with Crippen molar-refractivity contribution in [3.05, 3.63) is 0 Å². The van der Waals surface area contributed by atoms with Gasteiger partial charge in [0.1, 0.15) is 0 Å². The van der Waals surface area contributed by atoms with Crippen LogP contribution in [-0.4, -0.2) is 66.6 Å². The molecular formula is C30H46F17O3P-2. The molecule has 0 spiro atoms. The molecule has 0 aliphatic carbocycles. The number of unbranched alkanes of at least 4 members (excludes halogenated alkanes) is 8. The molecule has 0 aromatic carbocycles. The Morgan fingerprint density at radius 1 is 0.431 bits per heavy atom. The molecule has 51 heavy (non-hydrogen) atoms. The minimum atomic E-state index is -8.72. The number of hydrogen-bond donors (Lipinski definition) is 0. The molecule has 0 N–H and O–H groups in total. The Bertz CT molecular complexity index is 1020. The zero-order valence-electron chi connectivity index (χ0n) is 28.6. The van der Waals surface area contributed by atoms with Gasteiger partial charge in [0.15, 0.2) is 0 Å². The van der Waals surface area contributed by atoms with Gasteiger partial charge in [0.25, 0.3) is 0 Å². The molecule has 0 rings (SSSR count). The van der Waals surface area contributed by atoms with Gasteiger partial charge in [0, 0.05) is 0 Å². The van der Waals surface area contributed by atoms with Gasteiger partial charge in [-0.15, -0.1) is 0 Å². The molecule has 0 heterocycles. The second-order valence-electron chi connectivity index (χ2n) is 13.8. The van der Waals surface area contributed by atoms with Crippen LogP contribution in [0.1, 0.15) is 111 Å². The molecule has 0 radical (unpaired) electrons. The van der Waals surface area contributed by atoms with Crippen molar-refractivity contribution in [1.82, 2.24) is 0 Å².